The summed E-state index contributed by atoms with van der Waals surface area (Å²) in [6, 6.07) is 14.3. The van der Waals surface area contributed by atoms with Crippen LogP contribution in [0.1, 0.15) is 35.4 Å². The lowest BCUT2D eigenvalue weighted by atomic mass is 10.0. The van der Waals surface area contributed by atoms with Crippen LogP contribution >= 0.6 is 0 Å². The molecule has 6 heteroatoms. The zero-order chi connectivity index (χ0) is 17.8. The van der Waals surface area contributed by atoms with Gasteiger partial charge in [-0.05, 0) is 30.2 Å². The van der Waals surface area contributed by atoms with E-state index < -0.39 is 0 Å². The number of hydrogen-bond acceptors (Lipinski definition) is 4. The van der Waals surface area contributed by atoms with Crippen molar-refractivity contribution < 1.29 is 9.53 Å². The molecule has 0 aliphatic carbocycles. The van der Waals surface area contributed by atoms with Crippen molar-refractivity contribution in [3.8, 4) is 5.75 Å². The highest BCUT2D eigenvalue weighted by Crippen LogP contribution is 2.21. The van der Waals surface area contributed by atoms with Gasteiger partial charge in [-0.2, -0.15) is 5.10 Å². The highest BCUT2D eigenvalue weighted by atomic mass is 16.5. The predicted molar refractivity (Wildman–Crippen MR) is 95.9 cm³/mol. The minimum atomic E-state index is -0.324. The van der Waals surface area contributed by atoms with Crippen molar-refractivity contribution in [2.75, 3.05) is 7.11 Å². The Hall–Kier alpha value is -3.15. The number of aromatic amines is 1. The Balaban J connectivity index is 1.90. The van der Waals surface area contributed by atoms with Crippen molar-refractivity contribution in [3.63, 3.8) is 0 Å². The van der Waals surface area contributed by atoms with E-state index in [9.17, 15) is 9.59 Å². The highest BCUT2D eigenvalue weighted by molar-refractivity contribution is 6.04. The van der Waals surface area contributed by atoms with Crippen molar-refractivity contribution in [3.05, 3.63) is 70.1 Å². The first-order valence-electron chi connectivity index (χ1n) is 8.06. The number of nitrogens with one attached hydrogen (secondary N) is 2. The number of amides is 1. The summed E-state index contributed by atoms with van der Waals surface area (Å²) in [6.45, 7) is 1.99. The second kappa shape index (κ2) is 7.17. The van der Waals surface area contributed by atoms with Crippen LogP contribution in [0, 0.1) is 0 Å². The highest BCUT2D eigenvalue weighted by Gasteiger charge is 2.18. The maximum absolute atomic E-state index is 12.7. The summed E-state index contributed by atoms with van der Waals surface area (Å²) in [4.78, 5) is 24.6. The summed E-state index contributed by atoms with van der Waals surface area (Å²) in [7, 11) is 1.61. The summed E-state index contributed by atoms with van der Waals surface area (Å²) >= 11 is 0. The van der Waals surface area contributed by atoms with Crippen LogP contribution in [0.5, 0.6) is 5.75 Å². The average Bonchev–Trinajstić information content (AvgIpc) is 2.66. The van der Waals surface area contributed by atoms with Gasteiger partial charge < -0.3 is 10.1 Å². The number of rotatable bonds is 5. The van der Waals surface area contributed by atoms with Crippen LogP contribution in [-0.4, -0.2) is 23.2 Å². The molecule has 128 valence electrons. The maximum atomic E-state index is 12.7. The van der Waals surface area contributed by atoms with E-state index in [1.165, 1.54) is 0 Å². The molecule has 0 spiro atoms. The Bertz CT molecular complexity index is 948. The smallest absolute Gasteiger partial charge is 0.272 e. The van der Waals surface area contributed by atoms with Crippen molar-refractivity contribution in [2.24, 2.45) is 0 Å². The molecule has 25 heavy (non-hydrogen) atoms. The van der Waals surface area contributed by atoms with Crippen molar-refractivity contribution in [1.82, 2.24) is 15.5 Å². The van der Waals surface area contributed by atoms with Crippen molar-refractivity contribution in [2.45, 2.75) is 19.4 Å². The zero-order valence-corrected chi connectivity index (χ0v) is 14.1. The van der Waals surface area contributed by atoms with Gasteiger partial charge in [0.25, 0.3) is 11.5 Å². The summed E-state index contributed by atoms with van der Waals surface area (Å²) < 4.78 is 5.16. The lowest BCUT2D eigenvalue weighted by Crippen LogP contribution is -2.30. The molecule has 0 aliphatic rings. The SMILES string of the molecule is CCC(NC(=O)c1n[nH]c(=O)c2ccccc12)c1ccc(OC)cc1. The molecule has 0 saturated carbocycles. The van der Waals surface area contributed by atoms with Crippen molar-refractivity contribution >= 4 is 16.7 Å². The molecule has 1 atom stereocenters. The Morgan fingerprint density at radius 3 is 2.48 bits per heavy atom. The van der Waals surface area contributed by atoms with Gasteiger partial charge in [0.15, 0.2) is 5.69 Å². The van der Waals surface area contributed by atoms with E-state index in [0.29, 0.717) is 10.8 Å². The first kappa shape index (κ1) is 16.7. The number of nitrogens with zero attached hydrogens (tertiary/aromatic N) is 1. The van der Waals surface area contributed by atoms with Crippen molar-refractivity contribution in [1.29, 1.82) is 0 Å². The third-order valence-corrected chi connectivity index (χ3v) is 4.14. The molecule has 0 radical (unpaired) electrons. The normalized spacial score (nSPS) is 11.9. The van der Waals surface area contributed by atoms with E-state index in [-0.39, 0.29) is 23.2 Å². The number of carbonyl (C=O) groups is 1. The second-order valence-corrected chi connectivity index (χ2v) is 5.65. The van der Waals surface area contributed by atoms with Crippen LogP contribution < -0.4 is 15.6 Å². The number of carbonyl (C=O) groups excluding carboxylic acids is 1. The molecule has 1 aromatic heterocycles. The topological polar surface area (TPSA) is 84.1 Å². The lowest BCUT2D eigenvalue weighted by Gasteiger charge is -2.18. The monoisotopic (exact) mass is 337 g/mol. The van der Waals surface area contributed by atoms with E-state index in [2.05, 4.69) is 15.5 Å². The number of hydrogen-bond donors (Lipinski definition) is 2. The fourth-order valence-electron chi connectivity index (χ4n) is 2.77. The van der Waals surface area contributed by atoms with Gasteiger partial charge in [-0.15, -0.1) is 0 Å². The molecule has 6 nitrogen and oxygen atoms in total. The standard InChI is InChI=1S/C19H19N3O3/c1-3-16(12-8-10-13(25-2)11-9-12)20-19(24)17-14-6-4-5-7-15(14)18(23)22-21-17/h4-11,16H,3H2,1-2H3,(H,20,24)(H,22,23). The average molecular weight is 337 g/mol. The largest absolute Gasteiger partial charge is 0.497 e. The summed E-state index contributed by atoms with van der Waals surface area (Å²) in [5, 5.41) is 10.3. The molecule has 0 aliphatic heterocycles. The van der Waals surface area contributed by atoms with Gasteiger partial charge in [0.1, 0.15) is 5.75 Å². The molecule has 1 amide bonds. The first-order valence-corrected chi connectivity index (χ1v) is 8.06. The van der Waals surface area contributed by atoms with E-state index in [1.54, 1.807) is 31.4 Å². The molecule has 1 heterocycles. The van der Waals surface area contributed by atoms with Gasteiger partial charge in [-0.1, -0.05) is 37.3 Å². The number of aromatic nitrogens is 2. The fourth-order valence-corrected chi connectivity index (χ4v) is 2.77. The summed E-state index contributed by atoms with van der Waals surface area (Å²) in [5.74, 6) is 0.438. The van der Waals surface area contributed by atoms with E-state index in [4.69, 9.17) is 4.74 Å². The van der Waals surface area contributed by atoms with Gasteiger partial charge in [0.2, 0.25) is 0 Å². The third-order valence-electron chi connectivity index (χ3n) is 4.14. The Morgan fingerprint density at radius 1 is 1.16 bits per heavy atom. The van der Waals surface area contributed by atoms with Gasteiger partial charge in [-0.25, -0.2) is 5.10 Å². The number of benzene rings is 2. The van der Waals surface area contributed by atoms with Gasteiger partial charge >= 0.3 is 0 Å². The van der Waals surface area contributed by atoms with Gasteiger partial charge in [-0.3, -0.25) is 9.59 Å². The summed E-state index contributed by atoms with van der Waals surface area (Å²) in [6.07, 6.45) is 0.722. The fraction of sp³-hybridized carbons (Fsp3) is 0.211. The zero-order valence-electron chi connectivity index (χ0n) is 14.1. The van der Waals surface area contributed by atoms with Crippen LogP contribution in [0.15, 0.2) is 53.3 Å². The molecule has 3 rings (SSSR count). The first-order chi connectivity index (χ1) is 12.1. The Kier molecular flexibility index (Phi) is 4.79. The van der Waals surface area contributed by atoms with Crippen LogP contribution in [0.2, 0.25) is 0 Å². The number of methoxy groups -OCH3 is 1. The number of fused-ring (bicyclic) bond motifs is 1. The maximum Gasteiger partial charge on any atom is 0.272 e. The van der Waals surface area contributed by atoms with Crippen LogP contribution in [0.3, 0.4) is 0 Å². The molecular formula is C19H19N3O3. The molecule has 2 aromatic carbocycles. The molecular weight excluding hydrogens is 318 g/mol. The van der Waals surface area contributed by atoms with Crippen LogP contribution in [0.25, 0.3) is 10.8 Å². The molecule has 3 aromatic rings. The van der Waals surface area contributed by atoms with E-state index in [1.807, 2.05) is 31.2 Å². The van der Waals surface area contributed by atoms with Gasteiger partial charge in [0.05, 0.1) is 18.5 Å². The minimum absolute atomic E-state index is 0.161. The molecule has 0 bridgehead atoms. The van der Waals surface area contributed by atoms with Crippen LogP contribution in [-0.2, 0) is 0 Å². The quantitative estimate of drug-likeness (QED) is 0.750. The Labute approximate surface area is 144 Å². The third kappa shape index (κ3) is 3.38. The summed E-state index contributed by atoms with van der Waals surface area (Å²) in [5.41, 5.74) is 0.877. The predicted octanol–water partition coefficient (Wildman–Crippen LogP) is 2.81. The Morgan fingerprint density at radius 2 is 1.84 bits per heavy atom. The van der Waals surface area contributed by atoms with E-state index >= 15 is 0 Å². The van der Waals surface area contributed by atoms with Crippen LogP contribution in [0.4, 0.5) is 0 Å². The molecule has 0 fully saturated rings. The minimum Gasteiger partial charge on any atom is -0.497 e. The molecule has 0 saturated heterocycles. The molecule has 1 unspecified atom stereocenters. The number of H-pyrrole nitrogens is 1. The second-order valence-electron chi connectivity index (χ2n) is 5.65. The van der Waals surface area contributed by atoms with Gasteiger partial charge in [0, 0.05) is 5.39 Å². The lowest BCUT2D eigenvalue weighted by molar-refractivity contribution is 0.0931. The number of ether oxygens (including phenoxy) is 1. The molecule has 2 N–H and O–H groups in total. The van der Waals surface area contributed by atoms with E-state index in [0.717, 1.165) is 17.7 Å².